The van der Waals surface area contributed by atoms with Gasteiger partial charge in [0.05, 0.1) is 18.8 Å². The summed E-state index contributed by atoms with van der Waals surface area (Å²) in [5, 5.41) is 12.0. The van der Waals surface area contributed by atoms with Crippen LogP contribution in [0.3, 0.4) is 0 Å². The molecule has 0 aromatic heterocycles. The number of phenols is 1. The Balaban J connectivity index is 1.60. The standard InChI is InChI=1S/C22H18O4/c23-19(18-9-8-16-4-1-2-5-17(16)22(18)24)10-6-15-7-11-20-21(14-15)26-13-3-12-25-20/h1-2,4-11,14,24H,3,12-13H2. The average molecular weight is 346 g/mol. The Labute approximate surface area is 151 Å². The van der Waals surface area contributed by atoms with E-state index < -0.39 is 0 Å². The average Bonchev–Trinajstić information content (AvgIpc) is 2.91. The Morgan fingerprint density at radius 3 is 2.65 bits per heavy atom. The van der Waals surface area contributed by atoms with Crippen molar-refractivity contribution < 1.29 is 19.4 Å². The highest BCUT2D eigenvalue weighted by Gasteiger charge is 2.12. The van der Waals surface area contributed by atoms with E-state index in [4.69, 9.17) is 9.47 Å². The highest BCUT2D eigenvalue weighted by Crippen LogP contribution is 2.31. The number of benzene rings is 3. The minimum Gasteiger partial charge on any atom is -0.507 e. The van der Waals surface area contributed by atoms with Crippen molar-refractivity contribution in [2.24, 2.45) is 0 Å². The van der Waals surface area contributed by atoms with Gasteiger partial charge in [-0.3, -0.25) is 4.79 Å². The van der Waals surface area contributed by atoms with Crippen LogP contribution in [-0.4, -0.2) is 24.1 Å². The lowest BCUT2D eigenvalue weighted by molar-refractivity contribution is 0.104. The molecule has 0 atom stereocenters. The van der Waals surface area contributed by atoms with Gasteiger partial charge in [-0.05, 0) is 35.2 Å². The molecule has 4 heteroatoms. The third-order valence-electron chi connectivity index (χ3n) is 4.36. The van der Waals surface area contributed by atoms with Crippen LogP contribution in [0.25, 0.3) is 16.8 Å². The molecule has 26 heavy (non-hydrogen) atoms. The number of carbonyl (C=O) groups is 1. The van der Waals surface area contributed by atoms with Crippen LogP contribution in [0, 0.1) is 0 Å². The summed E-state index contributed by atoms with van der Waals surface area (Å²) < 4.78 is 11.3. The zero-order valence-corrected chi connectivity index (χ0v) is 14.1. The molecule has 4 rings (SSSR count). The molecule has 0 aliphatic carbocycles. The first kappa shape index (κ1) is 16.2. The maximum atomic E-state index is 12.5. The lowest BCUT2D eigenvalue weighted by Crippen LogP contribution is -1.97. The SMILES string of the molecule is O=C(C=Cc1ccc2c(c1)OCCCO2)c1ccc2ccccc2c1O. The monoisotopic (exact) mass is 346 g/mol. The van der Waals surface area contributed by atoms with E-state index in [-0.39, 0.29) is 17.1 Å². The summed E-state index contributed by atoms with van der Waals surface area (Å²) >= 11 is 0. The van der Waals surface area contributed by atoms with Crippen LogP contribution < -0.4 is 9.47 Å². The van der Waals surface area contributed by atoms with E-state index in [2.05, 4.69) is 0 Å². The minimum absolute atomic E-state index is 0.0106. The first-order chi connectivity index (χ1) is 12.7. The molecule has 1 aliphatic rings. The maximum Gasteiger partial charge on any atom is 0.189 e. The van der Waals surface area contributed by atoms with Crippen molar-refractivity contribution in [2.75, 3.05) is 13.2 Å². The van der Waals surface area contributed by atoms with Crippen molar-refractivity contribution in [1.29, 1.82) is 0 Å². The van der Waals surface area contributed by atoms with Crippen LogP contribution in [0.15, 0.2) is 60.7 Å². The van der Waals surface area contributed by atoms with E-state index in [1.54, 1.807) is 18.2 Å². The van der Waals surface area contributed by atoms with Crippen LogP contribution >= 0.6 is 0 Å². The van der Waals surface area contributed by atoms with Gasteiger partial charge < -0.3 is 14.6 Å². The molecule has 0 saturated heterocycles. The number of ketones is 1. The zero-order valence-electron chi connectivity index (χ0n) is 14.1. The zero-order chi connectivity index (χ0) is 17.9. The Bertz CT molecular complexity index is 1000. The molecule has 0 fully saturated rings. The molecule has 0 amide bonds. The summed E-state index contributed by atoms with van der Waals surface area (Å²) in [6, 6.07) is 16.5. The van der Waals surface area contributed by atoms with Crippen LogP contribution in [0.2, 0.25) is 0 Å². The van der Waals surface area contributed by atoms with Crippen molar-refractivity contribution >= 4 is 22.6 Å². The summed E-state index contributed by atoms with van der Waals surface area (Å²) in [6.45, 7) is 1.26. The van der Waals surface area contributed by atoms with Gasteiger partial charge >= 0.3 is 0 Å². The number of hydrogen-bond donors (Lipinski definition) is 1. The highest BCUT2D eigenvalue weighted by atomic mass is 16.5. The molecule has 1 aliphatic heterocycles. The topological polar surface area (TPSA) is 55.8 Å². The molecule has 1 heterocycles. The molecule has 4 nitrogen and oxygen atoms in total. The van der Waals surface area contributed by atoms with E-state index in [9.17, 15) is 9.90 Å². The molecular weight excluding hydrogens is 328 g/mol. The highest BCUT2D eigenvalue weighted by molar-refractivity contribution is 6.11. The van der Waals surface area contributed by atoms with Crippen molar-refractivity contribution in [3.8, 4) is 17.2 Å². The third kappa shape index (κ3) is 3.14. The molecular formula is C22H18O4. The van der Waals surface area contributed by atoms with Gasteiger partial charge in [-0.1, -0.05) is 42.5 Å². The van der Waals surface area contributed by atoms with Gasteiger partial charge in [0.1, 0.15) is 5.75 Å². The molecule has 3 aromatic rings. The molecule has 0 spiro atoms. The third-order valence-corrected chi connectivity index (χ3v) is 4.36. The molecule has 130 valence electrons. The van der Waals surface area contributed by atoms with E-state index >= 15 is 0 Å². The fourth-order valence-corrected chi connectivity index (χ4v) is 3.00. The van der Waals surface area contributed by atoms with Gasteiger partial charge in [-0.25, -0.2) is 0 Å². The lowest BCUT2D eigenvalue weighted by atomic mass is 10.0. The van der Waals surface area contributed by atoms with Gasteiger partial charge in [0.25, 0.3) is 0 Å². The molecule has 0 radical (unpaired) electrons. The largest absolute Gasteiger partial charge is 0.507 e. The second-order valence-electron chi connectivity index (χ2n) is 6.14. The number of ether oxygens (including phenoxy) is 2. The van der Waals surface area contributed by atoms with E-state index in [0.29, 0.717) is 24.3 Å². The smallest absolute Gasteiger partial charge is 0.189 e. The van der Waals surface area contributed by atoms with E-state index in [1.165, 1.54) is 6.08 Å². The molecule has 3 aromatic carbocycles. The summed E-state index contributed by atoms with van der Waals surface area (Å²) in [7, 11) is 0. The number of rotatable bonds is 3. The Morgan fingerprint density at radius 2 is 1.77 bits per heavy atom. The van der Waals surface area contributed by atoms with Crippen molar-refractivity contribution in [3.05, 3.63) is 71.8 Å². The van der Waals surface area contributed by atoms with Gasteiger partial charge in [0, 0.05) is 11.8 Å². The Hall–Kier alpha value is -3.27. The summed E-state index contributed by atoms with van der Waals surface area (Å²) in [4.78, 5) is 12.5. The summed E-state index contributed by atoms with van der Waals surface area (Å²) in [5.41, 5.74) is 1.12. The number of aromatic hydroxyl groups is 1. The predicted octanol–water partition coefficient (Wildman–Crippen LogP) is 4.60. The second kappa shape index (κ2) is 6.92. The van der Waals surface area contributed by atoms with Gasteiger partial charge in [-0.15, -0.1) is 0 Å². The van der Waals surface area contributed by atoms with Crippen LogP contribution in [0.1, 0.15) is 22.3 Å². The van der Waals surface area contributed by atoms with Gasteiger partial charge in [0.2, 0.25) is 0 Å². The van der Waals surface area contributed by atoms with Crippen LogP contribution in [0.5, 0.6) is 17.2 Å². The maximum absolute atomic E-state index is 12.5. The van der Waals surface area contributed by atoms with E-state index in [1.807, 2.05) is 42.5 Å². The quantitative estimate of drug-likeness (QED) is 0.556. The van der Waals surface area contributed by atoms with Crippen LogP contribution in [0.4, 0.5) is 0 Å². The lowest BCUT2D eigenvalue weighted by Gasteiger charge is -2.07. The Kier molecular flexibility index (Phi) is 4.32. The molecule has 0 unspecified atom stereocenters. The van der Waals surface area contributed by atoms with E-state index in [0.717, 1.165) is 23.1 Å². The second-order valence-corrected chi connectivity index (χ2v) is 6.14. The summed E-state index contributed by atoms with van der Waals surface area (Å²) in [6.07, 6.45) is 4.02. The normalized spacial score (nSPS) is 13.7. The fourth-order valence-electron chi connectivity index (χ4n) is 3.00. The number of phenolic OH excluding ortho intramolecular Hbond substituents is 1. The predicted molar refractivity (Wildman–Crippen MR) is 101 cm³/mol. The molecule has 0 saturated carbocycles. The first-order valence-corrected chi connectivity index (χ1v) is 8.55. The van der Waals surface area contributed by atoms with Gasteiger partial charge in [-0.2, -0.15) is 0 Å². The fraction of sp³-hybridized carbons (Fsp3) is 0.136. The number of hydrogen-bond acceptors (Lipinski definition) is 4. The summed E-state index contributed by atoms with van der Waals surface area (Å²) in [5.74, 6) is 1.17. The molecule has 1 N–H and O–H groups in total. The minimum atomic E-state index is -0.250. The first-order valence-electron chi connectivity index (χ1n) is 8.55. The number of carbonyl (C=O) groups excluding carboxylic acids is 1. The van der Waals surface area contributed by atoms with Crippen molar-refractivity contribution in [3.63, 3.8) is 0 Å². The van der Waals surface area contributed by atoms with Gasteiger partial charge in [0.15, 0.2) is 17.3 Å². The molecule has 0 bridgehead atoms. The number of fused-ring (bicyclic) bond motifs is 2. The van der Waals surface area contributed by atoms with Crippen molar-refractivity contribution in [2.45, 2.75) is 6.42 Å². The Morgan fingerprint density at radius 1 is 0.962 bits per heavy atom. The number of allylic oxidation sites excluding steroid dienone is 1. The van der Waals surface area contributed by atoms with Crippen molar-refractivity contribution in [1.82, 2.24) is 0 Å². The van der Waals surface area contributed by atoms with Crippen LogP contribution in [-0.2, 0) is 0 Å².